The van der Waals surface area contributed by atoms with E-state index in [0.717, 1.165) is 0 Å². The first-order valence-electron chi connectivity index (χ1n) is 11.7. The first-order chi connectivity index (χ1) is 15.3. The highest BCUT2D eigenvalue weighted by molar-refractivity contribution is 7.92. The van der Waals surface area contributed by atoms with Crippen molar-refractivity contribution in [1.29, 1.82) is 0 Å². The first kappa shape index (κ1) is 25.9. The van der Waals surface area contributed by atoms with E-state index in [-0.39, 0.29) is 47.5 Å². The lowest BCUT2D eigenvalue weighted by Gasteiger charge is -2.37. The minimum Gasteiger partial charge on any atom is -0.372 e. The predicted octanol–water partition coefficient (Wildman–Crippen LogP) is 3.57. The molecule has 2 fully saturated rings. The summed E-state index contributed by atoms with van der Waals surface area (Å²) in [4.78, 5) is 16.1. The number of halogens is 2. The Kier molecular flexibility index (Phi) is 7.73. The summed E-state index contributed by atoms with van der Waals surface area (Å²) >= 11 is 0. The van der Waals surface area contributed by atoms with E-state index >= 15 is 0 Å². The van der Waals surface area contributed by atoms with Crippen LogP contribution in [0.4, 0.5) is 14.5 Å². The Labute approximate surface area is 196 Å². The highest BCUT2D eigenvalue weighted by Crippen LogP contribution is 2.29. The van der Waals surface area contributed by atoms with Crippen LogP contribution < -0.4 is 4.90 Å². The molecule has 0 spiro atoms. The molecule has 9 heteroatoms. The fraction of sp³-hybridized carbons (Fsp3) is 0.708. The number of ether oxygens (including phenoxy) is 1. The number of piperidine rings is 1. The summed E-state index contributed by atoms with van der Waals surface area (Å²) in [6.45, 7) is 10.7. The average Bonchev–Trinajstić information content (AvgIpc) is 2.70. The van der Waals surface area contributed by atoms with Crippen molar-refractivity contribution < 1.29 is 26.7 Å². The van der Waals surface area contributed by atoms with Crippen LogP contribution in [0.15, 0.2) is 12.1 Å². The molecule has 0 saturated carbocycles. The molecule has 6 nitrogen and oxygen atoms in total. The lowest BCUT2D eigenvalue weighted by atomic mass is 9.98. The van der Waals surface area contributed by atoms with Crippen LogP contribution in [0, 0.1) is 17.6 Å². The molecular weight excluding hydrogens is 450 g/mol. The average molecular weight is 487 g/mol. The number of amides is 1. The predicted molar refractivity (Wildman–Crippen MR) is 125 cm³/mol. The second-order valence-corrected chi connectivity index (χ2v) is 13.2. The monoisotopic (exact) mass is 486 g/mol. The topological polar surface area (TPSA) is 66.9 Å². The number of morpholine rings is 1. The van der Waals surface area contributed by atoms with Gasteiger partial charge in [0.2, 0.25) is 5.91 Å². The van der Waals surface area contributed by atoms with E-state index in [1.165, 1.54) is 12.1 Å². The van der Waals surface area contributed by atoms with E-state index in [2.05, 4.69) is 0 Å². The van der Waals surface area contributed by atoms with Crippen molar-refractivity contribution >= 4 is 21.4 Å². The number of nitrogens with zero attached hydrogens (tertiary/aromatic N) is 2. The van der Waals surface area contributed by atoms with Crippen molar-refractivity contribution in [2.45, 2.75) is 70.8 Å². The molecule has 0 bridgehead atoms. The molecule has 2 aliphatic rings. The number of hydrogen-bond donors (Lipinski definition) is 0. The maximum absolute atomic E-state index is 14.9. The zero-order chi connectivity index (χ0) is 24.6. The van der Waals surface area contributed by atoms with Gasteiger partial charge in [0, 0.05) is 31.7 Å². The molecule has 0 unspecified atom stereocenters. The van der Waals surface area contributed by atoms with Gasteiger partial charge >= 0.3 is 0 Å². The first-order valence-corrected chi connectivity index (χ1v) is 13.3. The van der Waals surface area contributed by atoms with Crippen LogP contribution in [0.2, 0.25) is 0 Å². The third-order valence-electron chi connectivity index (χ3n) is 6.60. The molecule has 186 valence electrons. The molecule has 2 saturated heterocycles. The highest BCUT2D eigenvalue weighted by Gasteiger charge is 2.34. The van der Waals surface area contributed by atoms with Crippen molar-refractivity contribution in [3.63, 3.8) is 0 Å². The molecule has 1 amide bonds. The molecule has 1 aromatic carbocycles. The van der Waals surface area contributed by atoms with Gasteiger partial charge in [-0.1, -0.05) is 6.07 Å². The van der Waals surface area contributed by atoms with E-state index in [0.29, 0.717) is 39.0 Å². The second kappa shape index (κ2) is 9.86. The Morgan fingerprint density at radius 3 is 2.18 bits per heavy atom. The lowest BCUT2D eigenvalue weighted by Crippen LogP contribution is -2.46. The van der Waals surface area contributed by atoms with Crippen molar-refractivity contribution in [3.05, 3.63) is 29.3 Å². The van der Waals surface area contributed by atoms with Gasteiger partial charge in [0.15, 0.2) is 21.5 Å². The maximum Gasteiger partial charge on any atom is 0.227 e. The van der Waals surface area contributed by atoms with E-state index in [9.17, 15) is 22.0 Å². The Balaban J connectivity index is 1.60. The zero-order valence-corrected chi connectivity index (χ0v) is 21.1. The number of sulfone groups is 1. The van der Waals surface area contributed by atoms with Crippen LogP contribution in [0.5, 0.6) is 0 Å². The van der Waals surface area contributed by atoms with E-state index in [1.54, 1.807) is 30.6 Å². The minimum atomic E-state index is -3.22. The maximum atomic E-state index is 14.9. The standard InChI is InChI=1S/C24H36F2N2O4S/c1-16-13-28(14-17(2)32-16)20-7-6-19(22(25)23(20)26)12-21(29)27-10-8-18(9-11-27)15-33(30,31)24(3,4)5/h6-7,16-18H,8-15H2,1-5H3/t16-,17+. The minimum absolute atomic E-state index is 0.00467. The van der Waals surface area contributed by atoms with Gasteiger partial charge in [-0.25, -0.2) is 17.2 Å². The highest BCUT2D eigenvalue weighted by atomic mass is 32.2. The Morgan fingerprint density at radius 1 is 1.06 bits per heavy atom. The zero-order valence-electron chi connectivity index (χ0n) is 20.2. The summed E-state index contributed by atoms with van der Waals surface area (Å²) in [6, 6.07) is 3.02. The van der Waals surface area contributed by atoms with Gasteiger partial charge in [-0.2, -0.15) is 0 Å². The third-order valence-corrected chi connectivity index (χ3v) is 9.38. The van der Waals surface area contributed by atoms with Crippen LogP contribution in [0.25, 0.3) is 0 Å². The summed E-state index contributed by atoms with van der Waals surface area (Å²) in [5.41, 5.74) is 0.222. The third kappa shape index (κ3) is 6.04. The van der Waals surface area contributed by atoms with Gasteiger partial charge in [-0.15, -0.1) is 0 Å². The van der Waals surface area contributed by atoms with Crippen molar-refractivity contribution in [2.75, 3.05) is 36.8 Å². The number of carbonyl (C=O) groups is 1. The molecule has 2 heterocycles. The molecule has 0 aromatic heterocycles. The molecule has 2 aliphatic heterocycles. The van der Waals surface area contributed by atoms with Gasteiger partial charge < -0.3 is 14.5 Å². The van der Waals surface area contributed by atoms with Gasteiger partial charge in [-0.3, -0.25) is 4.79 Å². The number of hydrogen-bond acceptors (Lipinski definition) is 5. The van der Waals surface area contributed by atoms with E-state index in [4.69, 9.17) is 4.74 Å². The number of benzene rings is 1. The van der Waals surface area contributed by atoms with Crippen LogP contribution in [-0.4, -0.2) is 68.1 Å². The summed E-state index contributed by atoms with van der Waals surface area (Å²) in [7, 11) is -3.22. The van der Waals surface area contributed by atoms with Crippen LogP contribution in [0.3, 0.4) is 0 Å². The normalized spacial score (nSPS) is 23.1. The second-order valence-electron chi connectivity index (χ2n) is 10.4. The lowest BCUT2D eigenvalue weighted by molar-refractivity contribution is -0.131. The van der Waals surface area contributed by atoms with Crippen LogP contribution >= 0.6 is 0 Å². The quantitative estimate of drug-likeness (QED) is 0.637. The molecule has 3 rings (SSSR count). The fourth-order valence-corrected chi connectivity index (χ4v) is 5.97. The molecule has 33 heavy (non-hydrogen) atoms. The number of carbonyl (C=O) groups excluding carboxylic acids is 1. The van der Waals surface area contributed by atoms with Gasteiger partial charge in [0.1, 0.15) is 0 Å². The molecule has 2 atom stereocenters. The molecule has 0 radical (unpaired) electrons. The van der Waals surface area contributed by atoms with Crippen LogP contribution in [-0.2, 0) is 25.8 Å². The summed E-state index contributed by atoms with van der Waals surface area (Å²) in [5, 5.41) is 0. The van der Waals surface area contributed by atoms with Gasteiger partial charge in [0.25, 0.3) is 0 Å². The van der Waals surface area contributed by atoms with Crippen molar-refractivity contribution in [3.8, 4) is 0 Å². The van der Waals surface area contributed by atoms with Gasteiger partial charge in [0.05, 0.1) is 34.8 Å². The number of rotatable bonds is 5. The van der Waals surface area contributed by atoms with E-state index < -0.39 is 26.2 Å². The van der Waals surface area contributed by atoms with Crippen molar-refractivity contribution in [1.82, 2.24) is 4.90 Å². The number of anilines is 1. The van der Waals surface area contributed by atoms with Gasteiger partial charge in [-0.05, 0) is 59.4 Å². The van der Waals surface area contributed by atoms with E-state index in [1.807, 2.05) is 13.8 Å². The number of likely N-dealkylation sites (tertiary alicyclic amines) is 1. The summed E-state index contributed by atoms with van der Waals surface area (Å²) < 4.78 is 59.5. The Bertz CT molecular complexity index is 959. The summed E-state index contributed by atoms with van der Waals surface area (Å²) in [5.74, 6) is -2.08. The largest absolute Gasteiger partial charge is 0.372 e. The molecule has 1 aromatic rings. The SMILES string of the molecule is C[C@@H]1CN(c2ccc(CC(=O)N3CCC(CS(=O)(=O)C(C)(C)C)CC3)c(F)c2F)C[C@H](C)O1. The fourth-order valence-electron chi connectivity index (χ4n) is 4.52. The Morgan fingerprint density at radius 2 is 1.64 bits per heavy atom. The smallest absolute Gasteiger partial charge is 0.227 e. The van der Waals surface area contributed by atoms with Crippen LogP contribution in [0.1, 0.15) is 53.0 Å². The van der Waals surface area contributed by atoms with Crippen molar-refractivity contribution in [2.24, 2.45) is 5.92 Å². The molecule has 0 N–H and O–H groups in total. The Hall–Kier alpha value is -1.74. The molecule has 0 aliphatic carbocycles. The summed E-state index contributed by atoms with van der Waals surface area (Å²) in [6.07, 6.45) is 0.788. The molecular formula is C24H36F2N2O4S.